The maximum atomic E-state index is 4.53. The Morgan fingerprint density at radius 1 is 1.50 bits per heavy atom. The van der Waals surface area contributed by atoms with E-state index in [0.717, 1.165) is 28.1 Å². The fourth-order valence-corrected chi connectivity index (χ4v) is 2.10. The zero-order valence-electron chi connectivity index (χ0n) is 9.66. The van der Waals surface area contributed by atoms with E-state index in [4.69, 9.17) is 0 Å². The molecular weight excluding hydrogens is 268 g/mol. The van der Waals surface area contributed by atoms with Crippen LogP contribution in [0.25, 0.3) is 11.0 Å². The predicted molar refractivity (Wildman–Crippen MR) is 69.8 cm³/mol. The Kier molecular flexibility index (Phi) is 3.14. The SMILES string of the molecule is CCNc1nc2cnc(Br)cc2n1C(C)C. The minimum absolute atomic E-state index is 0.369. The predicted octanol–water partition coefficient (Wildman–Crippen LogP) is 3.21. The summed E-state index contributed by atoms with van der Waals surface area (Å²) < 4.78 is 3.02. The van der Waals surface area contributed by atoms with Crippen LogP contribution in [0.5, 0.6) is 0 Å². The summed E-state index contributed by atoms with van der Waals surface area (Å²) >= 11 is 3.39. The van der Waals surface area contributed by atoms with Crippen LogP contribution in [0, 0.1) is 0 Å². The van der Waals surface area contributed by atoms with Crippen molar-refractivity contribution in [3.8, 4) is 0 Å². The first-order valence-corrected chi connectivity index (χ1v) is 6.20. The number of rotatable bonds is 3. The van der Waals surface area contributed by atoms with Crippen LogP contribution in [0.1, 0.15) is 26.8 Å². The van der Waals surface area contributed by atoms with Crippen molar-refractivity contribution in [1.29, 1.82) is 0 Å². The first-order chi connectivity index (χ1) is 7.63. The van der Waals surface area contributed by atoms with Gasteiger partial charge in [-0.3, -0.25) is 0 Å². The number of nitrogens with one attached hydrogen (secondary N) is 1. The molecule has 0 aliphatic carbocycles. The third kappa shape index (κ3) is 1.91. The van der Waals surface area contributed by atoms with Crippen molar-refractivity contribution < 1.29 is 0 Å². The van der Waals surface area contributed by atoms with E-state index in [1.54, 1.807) is 6.20 Å². The summed E-state index contributed by atoms with van der Waals surface area (Å²) in [5.41, 5.74) is 2.03. The molecule has 0 unspecified atom stereocenters. The molecule has 0 saturated heterocycles. The van der Waals surface area contributed by atoms with Gasteiger partial charge < -0.3 is 9.88 Å². The fraction of sp³-hybridized carbons (Fsp3) is 0.455. The van der Waals surface area contributed by atoms with E-state index < -0.39 is 0 Å². The number of fused-ring (bicyclic) bond motifs is 1. The maximum absolute atomic E-state index is 4.53. The number of anilines is 1. The second-order valence-corrected chi connectivity index (χ2v) is 4.74. The molecule has 0 amide bonds. The first kappa shape index (κ1) is 11.4. The molecule has 5 heteroatoms. The Morgan fingerprint density at radius 2 is 2.25 bits per heavy atom. The molecule has 0 fully saturated rings. The average Bonchev–Trinajstić information content (AvgIpc) is 2.55. The van der Waals surface area contributed by atoms with Gasteiger partial charge >= 0.3 is 0 Å². The lowest BCUT2D eigenvalue weighted by Crippen LogP contribution is -2.08. The van der Waals surface area contributed by atoms with Gasteiger partial charge in [-0.15, -0.1) is 0 Å². The van der Waals surface area contributed by atoms with E-state index in [2.05, 4.69) is 56.6 Å². The fourth-order valence-electron chi connectivity index (χ4n) is 1.78. The molecule has 2 aromatic rings. The number of hydrogen-bond donors (Lipinski definition) is 1. The number of hydrogen-bond acceptors (Lipinski definition) is 3. The van der Waals surface area contributed by atoms with E-state index in [1.807, 2.05) is 6.07 Å². The van der Waals surface area contributed by atoms with Crippen molar-refractivity contribution in [3.05, 3.63) is 16.9 Å². The maximum Gasteiger partial charge on any atom is 0.204 e. The van der Waals surface area contributed by atoms with Gasteiger partial charge in [-0.2, -0.15) is 0 Å². The minimum atomic E-state index is 0.369. The van der Waals surface area contributed by atoms with Gasteiger partial charge in [0, 0.05) is 12.6 Å². The molecule has 2 aromatic heterocycles. The minimum Gasteiger partial charge on any atom is -0.356 e. The van der Waals surface area contributed by atoms with Crippen molar-refractivity contribution in [2.45, 2.75) is 26.8 Å². The third-order valence-corrected chi connectivity index (χ3v) is 2.83. The molecule has 0 atom stereocenters. The molecule has 1 N–H and O–H groups in total. The first-order valence-electron chi connectivity index (χ1n) is 5.40. The van der Waals surface area contributed by atoms with E-state index in [1.165, 1.54) is 0 Å². The largest absolute Gasteiger partial charge is 0.356 e. The highest BCUT2D eigenvalue weighted by atomic mass is 79.9. The van der Waals surface area contributed by atoms with Gasteiger partial charge in [0.1, 0.15) is 10.1 Å². The summed E-state index contributed by atoms with van der Waals surface area (Å²) in [6, 6.07) is 2.37. The Labute approximate surface area is 103 Å². The number of halogens is 1. The Morgan fingerprint density at radius 3 is 2.88 bits per heavy atom. The van der Waals surface area contributed by atoms with Crippen molar-refractivity contribution in [2.24, 2.45) is 0 Å². The number of nitrogens with zero attached hydrogens (tertiary/aromatic N) is 3. The molecule has 0 aromatic carbocycles. The Hall–Kier alpha value is -1.10. The van der Waals surface area contributed by atoms with Crippen LogP contribution in [0.2, 0.25) is 0 Å². The molecule has 2 heterocycles. The van der Waals surface area contributed by atoms with Gasteiger partial charge in [-0.25, -0.2) is 9.97 Å². The monoisotopic (exact) mass is 282 g/mol. The van der Waals surface area contributed by atoms with Crippen LogP contribution in [0.3, 0.4) is 0 Å². The topological polar surface area (TPSA) is 42.7 Å². The second kappa shape index (κ2) is 4.41. The second-order valence-electron chi connectivity index (χ2n) is 3.93. The molecule has 16 heavy (non-hydrogen) atoms. The zero-order chi connectivity index (χ0) is 11.7. The molecule has 0 aliphatic rings. The standard InChI is InChI=1S/C11H15BrN4/c1-4-13-11-15-8-6-14-10(12)5-9(8)16(11)7(2)3/h5-7H,4H2,1-3H3,(H,13,15). The van der Waals surface area contributed by atoms with Gasteiger partial charge in [0.15, 0.2) is 0 Å². The van der Waals surface area contributed by atoms with E-state index in [-0.39, 0.29) is 0 Å². The van der Waals surface area contributed by atoms with Crippen molar-refractivity contribution in [1.82, 2.24) is 14.5 Å². The molecular formula is C11H15BrN4. The summed E-state index contributed by atoms with van der Waals surface area (Å²) in [6.07, 6.45) is 1.79. The van der Waals surface area contributed by atoms with Crippen molar-refractivity contribution >= 4 is 32.9 Å². The van der Waals surface area contributed by atoms with Crippen molar-refractivity contribution in [3.63, 3.8) is 0 Å². The van der Waals surface area contributed by atoms with E-state index in [0.29, 0.717) is 6.04 Å². The summed E-state index contributed by atoms with van der Waals surface area (Å²) in [5, 5.41) is 3.28. The van der Waals surface area contributed by atoms with Crippen LogP contribution in [0.4, 0.5) is 5.95 Å². The van der Waals surface area contributed by atoms with Crippen LogP contribution in [-0.4, -0.2) is 21.1 Å². The van der Waals surface area contributed by atoms with Gasteiger partial charge in [0.2, 0.25) is 5.95 Å². The summed E-state index contributed by atoms with van der Waals surface area (Å²) in [5.74, 6) is 0.910. The van der Waals surface area contributed by atoms with Gasteiger partial charge in [0.05, 0.1) is 11.7 Å². The van der Waals surface area contributed by atoms with Crippen molar-refractivity contribution in [2.75, 3.05) is 11.9 Å². The van der Waals surface area contributed by atoms with Crippen LogP contribution in [0.15, 0.2) is 16.9 Å². The Bertz CT molecular complexity index is 504. The van der Waals surface area contributed by atoms with Gasteiger partial charge in [0.25, 0.3) is 0 Å². The lowest BCUT2D eigenvalue weighted by molar-refractivity contribution is 0.623. The molecule has 0 aliphatic heterocycles. The molecule has 86 valence electrons. The third-order valence-electron chi connectivity index (χ3n) is 2.39. The molecule has 0 radical (unpaired) electrons. The summed E-state index contributed by atoms with van der Waals surface area (Å²) in [7, 11) is 0. The van der Waals surface area contributed by atoms with Crippen LogP contribution in [-0.2, 0) is 0 Å². The van der Waals surface area contributed by atoms with E-state index >= 15 is 0 Å². The zero-order valence-corrected chi connectivity index (χ0v) is 11.2. The molecule has 0 bridgehead atoms. The normalized spacial score (nSPS) is 11.3. The highest BCUT2D eigenvalue weighted by Gasteiger charge is 2.13. The lowest BCUT2D eigenvalue weighted by atomic mass is 10.3. The molecule has 2 rings (SSSR count). The van der Waals surface area contributed by atoms with E-state index in [9.17, 15) is 0 Å². The quantitative estimate of drug-likeness (QED) is 0.879. The highest BCUT2D eigenvalue weighted by molar-refractivity contribution is 9.10. The molecule has 4 nitrogen and oxygen atoms in total. The number of aromatic nitrogens is 3. The summed E-state index contributed by atoms with van der Waals surface area (Å²) in [6.45, 7) is 7.23. The average molecular weight is 283 g/mol. The molecule has 0 saturated carbocycles. The smallest absolute Gasteiger partial charge is 0.204 e. The van der Waals surface area contributed by atoms with Gasteiger partial charge in [-0.05, 0) is 42.8 Å². The Balaban J connectivity index is 2.67. The lowest BCUT2D eigenvalue weighted by Gasteiger charge is -2.13. The summed E-state index contributed by atoms with van der Waals surface area (Å²) in [4.78, 5) is 8.73. The van der Waals surface area contributed by atoms with Crippen LogP contribution >= 0.6 is 15.9 Å². The number of pyridine rings is 1. The van der Waals surface area contributed by atoms with Gasteiger partial charge in [-0.1, -0.05) is 0 Å². The number of imidazole rings is 1. The van der Waals surface area contributed by atoms with Crippen LogP contribution < -0.4 is 5.32 Å². The highest BCUT2D eigenvalue weighted by Crippen LogP contribution is 2.25. The molecule has 0 spiro atoms.